The average Bonchev–Trinajstić information content (AvgIpc) is 2.83. The van der Waals surface area contributed by atoms with Gasteiger partial charge in [-0.05, 0) is 36.8 Å². The van der Waals surface area contributed by atoms with E-state index in [0.29, 0.717) is 38.5 Å². The standard InChI is InChI=1S/C17H14Cl3N3O/c1-2-3-14-16(23-9-10(18)4-5-15(23)22-14)17(24)21-13-7-11(19)6-12(20)8-13/h4-9H,2-3H2,1H3,(H,21,24). The molecule has 7 heteroatoms. The van der Waals surface area contributed by atoms with Crippen LogP contribution in [0.5, 0.6) is 0 Å². The van der Waals surface area contributed by atoms with E-state index in [9.17, 15) is 4.79 Å². The van der Waals surface area contributed by atoms with E-state index in [0.717, 1.165) is 12.1 Å². The highest BCUT2D eigenvalue weighted by Crippen LogP contribution is 2.24. The highest BCUT2D eigenvalue weighted by Gasteiger charge is 2.19. The van der Waals surface area contributed by atoms with Gasteiger partial charge in [0.05, 0.1) is 10.7 Å². The number of nitrogens with one attached hydrogen (secondary N) is 1. The second kappa shape index (κ2) is 7.01. The van der Waals surface area contributed by atoms with E-state index < -0.39 is 0 Å². The van der Waals surface area contributed by atoms with Crippen LogP contribution in [0.3, 0.4) is 0 Å². The zero-order chi connectivity index (χ0) is 17.3. The molecule has 2 aromatic heterocycles. The van der Waals surface area contributed by atoms with Gasteiger partial charge in [-0.15, -0.1) is 0 Å². The number of benzene rings is 1. The van der Waals surface area contributed by atoms with E-state index in [1.165, 1.54) is 0 Å². The molecule has 0 radical (unpaired) electrons. The van der Waals surface area contributed by atoms with E-state index in [1.807, 2.05) is 6.92 Å². The van der Waals surface area contributed by atoms with Crippen LogP contribution < -0.4 is 5.32 Å². The first-order chi connectivity index (χ1) is 11.5. The Bertz CT molecular complexity index is 901. The van der Waals surface area contributed by atoms with E-state index in [-0.39, 0.29) is 5.91 Å². The molecule has 1 amide bonds. The summed E-state index contributed by atoms with van der Waals surface area (Å²) in [6.45, 7) is 2.04. The number of carbonyl (C=O) groups is 1. The van der Waals surface area contributed by atoms with Gasteiger partial charge in [-0.1, -0.05) is 48.1 Å². The molecule has 2 heterocycles. The molecule has 24 heavy (non-hydrogen) atoms. The normalized spacial score (nSPS) is 11.0. The Morgan fingerprint density at radius 1 is 1.12 bits per heavy atom. The zero-order valence-corrected chi connectivity index (χ0v) is 15.1. The molecular formula is C17H14Cl3N3O. The van der Waals surface area contributed by atoms with Crippen LogP contribution in [0.25, 0.3) is 5.65 Å². The van der Waals surface area contributed by atoms with Gasteiger partial charge in [0.2, 0.25) is 0 Å². The summed E-state index contributed by atoms with van der Waals surface area (Å²) in [6.07, 6.45) is 3.25. The minimum Gasteiger partial charge on any atom is -0.321 e. The lowest BCUT2D eigenvalue weighted by atomic mass is 10.2. The number of nitrogens with zero attached hydrogens (tertiary/aromatic N) is 2. The first-order valence-corrected chi connectivity index (χ1v) is 8.55. The molecule has 0 unspecified atom stereocenters. The maximum atomic E-state index is 12.8. The highest BCUT2D eigenvalue weighted by atomic mass is 35.5. The summed E-state index contributed by atoms with van der Waals surface area (Å²) in [5.74, 6) is -0.286. The Balaban J connectivity index is 2.04. The second-order valence-corrected chi connectivity index (χ2v) is 6.65. The fourth-order valence-corrected chi connectivity index (χ4v) is 3.22. The predicted octanol–water partition coefficient (Wildman–Crippen LogP) is 5.50. The van der Waals surface area contributed by atoms with Gasteiger partial charge < -0.3 is 5.32 Å². The van der Waals surface area contributed by atoms with Crippen molar-refractivity contribution in [1.29, 1.82) is 0 Å². The van der Waals surface area contributed by atoms with Crippen LogP contribution in [0.1, 0.15) is 29.5 Å². The highest BCUT2D eigenvalue weighted by molar-refractivity contribution is 6.35. The molecule has 3 rings (SSSR count). The number of pyridine rings is 1. The summed E-state index contributed by atoms with van der Waals surface area (Å²) in [6, 6.07) is 8.42. The van der Waals surface area contributed by atoms with Gasteiger partial charge >= 0.3 is 0 Å². The number of rotatable bonds is 4. The van der Waals surface area contributed by atoms with Gasteiger partial charge in [-0.3, -0.25) is 9.20 Å². The molecule has 1 N–H and O–H groups in total. The SMILES string of the molecule is CCCc1nc2ccc(Cl)cn2c1C(=O)Nc1cc(Cl)cc(Cl)c1. The van der Waals surface area contributed by atoms with Gasteiger partial charge in [-0.2, -0.15) is 0 Å². The lowest BCUT2D eigenvalue weighted by Crippen LogP contribution is -2.16. The minimum absolute atomic E-state index is 0.286. The summed E-state index contributed by atoms with van der Waals surface area (Å²) < 4.78 is 1.70. The van der Waals surface area contributed by atoms with Crippen molar-refractivity contribution in [3.63, 3.8) is 0 Å². The van der Waals surface area contributed by atoms with Crippen molar-refractivity contribution in [2.45, 2.75) is 19.8 Å². The molecule has 0 bridgehead atoms. The summed E-state index contributed by atoms with van der Waals surface area (Å²) in [4.78, 5) is 17.4. The Hall–Kier alpha value is -1.75. The largest absolute Gasteiger partial charge is 0.321 e. The molecule has 0 aliphatic carbocycles. The third kappa shape index (κ3) is 3.51. The molecule has 4 nitrogen and oxygen atoms in total. The van der Waals surface area contributed by atoms with E-state index in [1.54, 1.807) is 40.9 Å². The van der Waals surface area contributed by atoms with Gasteiger partial charge in [-0.25, -0.2) is 4.98 Å². The molecule has 0 fully saturated rings. The molecule has 0 aliphatic heterocycles. The van der Waals surface area contributed by atoms with Crippen LogP contribution in [0.4, 0.5) is 5.69 Å². The van der Waals surface area contributed by atoms with Crippen LogP contribution in [0, 0.1) is 0 Å². The van der Waals surface area contributed by atoms with Crippen molar-refractivity contribution in [3.05, 3.63) is 63.0 Å². The number of hydrogen-bond donors (Lipinski definition) is 1. The zero-order valence-electron chi connectivity index (χ0n) is 12.8. The third-order valence-corrected chi connectivity index (χ3v) is 4.14. The van der Waals surface area contributed by atoms with Gasteiger partial charge in [0, 0.05) is 21.9 Å². The molecule has 0 saturated heterocycles. The molecule has 3 aromatic rings. The van der Waals surface area contributed by atoms with Gasteiger partial charge in [0.25, 0.3) is 5.91 Å². The number of carbonyl (C=O) groups excluding carboxylic acids is 1. The number of imidazole rings is 1. The maximum absolute atomic E-state index is 12.8. The molecule has 0 atom stereocenters. The third-order valence-electron chi connectivity index (χ3n) is 3.48. The van der Waals surface area contributed by atoms with Crippen molar-refractivity contribution >= 4 is 52.0 Å². The monoisotopic (exact) mass is 381 g/mol. The average molecular weight is 383 g/mol. The molecule has 124 valence electrons. The lowest BCUT2D eigenvalue weighted by molar-refractivity contribution is 0.102. The summed E-state index contributed by atoms with van der Waals surface area (Å²) in [5, 5.41) is 4.26. The van der Waals surface area contributed by atoms with E-state index in [2.05, 4.69) is 10.3 Å². The quantitative estimate of drug-likeness (QED) is 0.647. The summed E-state index contributed by atoms with van der Waals surface area (Å²) >= 11 is 18.0. The first kappa shape index (κ1) is 17.1. The maximum Gasteiger partial charge on any atom is 0.274 e. The first-order valence-electron chi connectivity index (χ1n) is 7.42. The van der Waals surface area contributed by atoms with Crippen LogP contribution >= 0.6 is 34.8 Å². The van der Waals surface area contributed by atoms with Crippen molar-refractivity contribution in [2.75, 3.05) is 5.32 Å². The molecule has 0 saturated carbocycles. The number of halogens is 3. The number of amides is 1. The molecule has 0 aliphatic rings. The number of aryl methyl sites for hydroxylation is 1. The Labute approximate surface area is 154 Å². The molecule has 1 aromatic carbocycles. The van der Waals surface area contributed by atoms with E-state index in [4.69, 9.17) is 34.8 Å². The van der Waals surface area contributed by atoms with Crippen molar-refractivity contribution in [2.24, 2.45) is 0 Å². The Kier molecular flexibility index (Phi) is 4.99. The molecule has 0 spiro atoms. The fourth-order valence-electron chi connectivity index (χ4n) is 2.54. The fraction of sp³-hybridized carbons (Fsp3) is 0.176. The number of fused-ring (bicyclic) bond motifs is 1. The van der Waals surface area contributed by atoms with Crippen LogP contribution in [0.15, 0.2) is 36.5 Å². The molecular weight excluding hydrogens is 369 g/mol. The van der Waals surface area contributed by atoms with Crippen LogP contribution in [-0.4, -0.2) is 15.3 Å². The van der Waals surface area contributed by atoms with Gasteiger partial charge in [0.1, 0.15) is 11.3 Å². The Morgan fingerprint density at radius 3 is 2.50 bits per heavy atom. The summed E-state index contributed by atoms with van der Waals surface area (Å²) in [7, 11) is 0. The smallest absolute Gasteiger partial charge is 0.274 e. The number of hydrogen-bond acceptors (Lipinski definition) is 2. The Morgan fingerprint density at radius 2 is 1.83 bits per heavy atom. The van der Waals surface area contributed by atoms with Crippen molar-refractivity contribution in [1.82, 2.24) is 9.38 Å². The topological polar surface area (TPSA) is 46.4 Å². The second-order valence-electron chi connectivity index (χ2n) is 5.34. The minimum atomic E-state index is -0.286. The number of anilines is 1. The van der Waals surface area contributed by atoms with Crippen molar-refractivity contribution in [3.8, 4) is 0 Å². The predicted molar refractivity (Wildman–Crippen MR) is 98.6 cm³/mol. The van der Waals surface area contributed by atoms with Crippen molar-refractivity contribution < 1.29 is 4.79 Å². The lowest BCUT2D eigenvalue weighted by Gasteiger charge is -2.08. The van der Waals surface area contributed by atoms with Gasteiger partial charge in [0.15, 0.2) is 0 Å². The van der Waals surface area contributed by atoms with Crippen LogP contribution in [-0.2, 0) is 6.42 Å². The summed E-state index contributed by atoms with van der Waals surface area (Å²) in [5.41, 5.74) is 2.39. The van der Waals surface area contributed by atoms with Crippen LogP contribution in [0.2, 0.25) is 15.1 Å². The van der Waals surface area contributed by atoms with E-state index >= 15 is 0 Å². The number of aromatic nitrogens is 2.